The highest BCUT2D eigenvalue weighted by atomic mass is 79.9. The minimum Gasteiger partial charge on any atom is -0.337 e. The number of nitrogens with zero attached hydrogens (tertiary/aromatic N) is 3. The number of nitrogens with one attached hydrogen (secondary N) is 1. The van der Waals surface area contributed by atoms with E-state index in [1.54, 1.807) is 6.07 Å². The summed E-state index contributed by atoms with van der Waals surface area (Å²) < 4.78 is 1.02. The molecule has 1 saturated heterocycles. The second kappa shape index (κ2) is 7.30. The summed E-state index contributed by atoms with van der Waals surface area (Å²) in [7, 11) is 0. The summed E-state index contributed by atoms with van der Waals surface area (Å²) in [5.74, 6) is 0.444. The number of piperidine rings is 1. The fourth-order valence-electron chi connectivity index (χ4n) is 2.79. The summed E-state index contributed by atoms with van der Waals surface area (Å²) in [6.45, 7) is 5.54. The van der Waals surface area contributed by atoms with Gasteiger partial charge in [-0.25, -0.2) is 9.97 Å². The molecule has 5 nitrogen and oxygen atoms in total. The third-order valence-electron chi connectivity index (χ3n) is 4.14. The molecule has 126 valence electrons. The first-order valence-corrected chi connectivity index (χ1v) is 9.00. The highest BCUT2D eigenvalue weighted by Crippen LogP contribution is 2.23. The third kappa shape index (κ3) is 3.93. The molecule has 1 aliphatic rings. The van der Waals surface area contributed by atoms with E-state index in [0.29, 0.717) is 11.6 Å². The van der Waals surface area contributed by atoms with Crippen LogP contribution in [0.1, 0.15) is 41.0 Å². The quantitative estimate of drug-likeness (QED) is 0.854. The van der Waals surface area contributed by atoms with Crippen LogP contribution in [0.2, 0.25) is 0 Å². The minimum absolute atomic E-state index is 0.00617. The topological polar surface area (TPSA) is 58.1 Å². The number of aryl methyl sites for hydroxylation is 2. The highest BCUT2D eigenvalue weighted by Gasteiger charge is 2.20. The van der Waals surface area contributed by atoms with Crippen molar-refractivity contribution in [3.63, 3.8) is 0 Å². The zero-order chi connectivity index (χ0) is 17.1. The monoisotopic (exact) mass is 388 g/mol. The summed E-state index contributed by atoms with van der Waals surface area (Å²) in [5, 5.41) is 3.19. The van der Waals surface area contributed by atoms with Crippen LogP contribution in [-0.4, -0.2) is 33.9 Å². The van der Waals surface area contributed by atoms with Crippen molar-refractivity contribution in [3.05, 3.63) is 45.7 Å². The maximum absolute atomic E-state index is 12.7. The molecule has 0 unspecified atom stereocenters. The molecule has 24 heavy (non-hydrogen) atoms. The van der Waals surface area contributed by atoms with Crippen molar-refractivity contribution < 1.29 is 4.79 Å². The van der Waals surface area contributed by atoms with E-state index >= 15 is 0 Å². The Morgan fingerprint density at radius 2 is 1.88 bits per heavy atom. The molecule has 0 spiro atoms. The van der Waals surface area contributed by atoms with Gasteiger partial charge in [0.25, 0.3) is 5.91 Å². The molecule has 1 N–H and O–H groups in total. The standard InChI is InChI=1S/C18H21BrN4O/c1-12-6-7-14(11-15(12)19)21-18-20-13(2)10-16(22-18)17(24)23-8-4-3-5-9-23/h6-7,10-11H,3-5,8-9H2,1-2H3,(H,20,21,22). The highest BCUT2D eigenvalue weighted by molar-refractivity contribution is 9.10. The van der Waals surface area contributed by atoms with Gasteiger partial charge in [0, 0.05) is 28.9 Å². The predicted octanol–water partition coefficient (Wildman–Crippen LogP) is 4.23. The SMILES string of the molecule is Cc1cc(C(=O)N2CCCCC2)nc(Nc2ccc(C)c(Br)c2)n1. The Morgan fingerprint density at radius 1 is 1.12 bits per heavy atom. The molecular formula is C18H21BrN4O. The van der Waals surface area contributed by atoms with Gasteiger partial charge >= 0.3 is 0 Å². The Balaban J connectivity index is 1.82. The van der Waals surface area contributed by atoms with Gasteiger partial charge in [-0.3, -0.25) is 4.79 Å². The third-order valence-corrected chi connectivity index (χ3v) is 5.00. The van der Waals surface area contributed by atoms with E-state index in [2.05, 4.69) is 31.2 Å². The number of amides is 1. The predicted molar refractivity (Wildman–Crippen MR) is 98.7 cm³/mol. The molecule has 3 rings (SSSR count). The minimum atomic E-state index is -0.00617. The van der Waals surface area contributed by atoms with E-state index < -0.39 is 0 Å². The first-order chi connectivity index (χ1) is 11.5. The van der Waals surface area contributed by atoms with Crippen LogP contribution < -0.4 is 5.32 Å². The molecule has 0 bridgehead atoms. The van der Waals surface area contributed by atoms with Gasteiger partial charge in [-0.1, -0.05) is 22.0 Å². The molecule has 1 aromatic heterocycles. The fourth-order valence-corrected chi connectivity index (χ4v) is 3.17. The van der Waals surface area contributed by atoms with E-state index in [4.69, 9.17) is 0 Å². The molecule has 1 aromatic carbocycles. The number of rotatable bonds is 3. The number of carbonyl (C=O) groups excluding carboxylic acids is 1. The maximum atomic E-state index is 12.7. The van der Waals surface area contributed by atoms with Crippen LogP contribution in [0.25, 0.3) is 0 Å². The van der Waals surface area contributed by atoms with Crippen molar-refractivity contribution in [2.24, 2.45) is 0 Å². The second-order valence-corrected chi connectivity index (χ2v) is 7.01. The number of hydrogen-bond acceptors (Lipinski definition) is 4. The zero-order valence-corrected chi connectivity index (χ0v) is 15.6. The van der Waals surface area contributed by atoms with Crippen LogP contribution >= 0.6 is 15.9 Å². The summed E-state index contributed by atoms with van der Waals surface area (Å²) >= 11 is 3.52. The summed E-state index contributed by atoms with van der Waals surface area (Å²) in [6.07, 6.45) is 3.33. The summed E-state index contributed by atoms with van der Waals surface area (Å²) in [6, 6.07) is 7.72. The van der Waals surface area contributed by atoms with E-state index in [9.17, 15) is 4.79 Å². The van der Waals surface area contributed by atoms with Crippen molar-refractivity contribution in [2.75, 3.05) is 18.4 Å². The van der Waals surface area contributed by atoms with Crippen molar-refractivity contribution in [1.29, 1.82) is 0 Å². The van der Waals surface area contributed by atoms with Crippen LogP contribution in [0.15, 0.2) is 28.7 Å². The summed E-state index contributed by atoms with van der Waals surface area (Å²) in [4.78, 5) is 23.4. The number of aromatic nitrogens is 2. The van der Waals surface area contributed by atoms with Gasteiger partial charge in [0.05, 0.1) is 0 Å². The molecule has 2 aromatic rings. The Morgan fingerprint density at radius 3 is 2.58 bits per heavy atom. The smallest absolute Gasteiger partial charge is 0.272 e. The van der Waals surface area contributed by atoms with Gasteiger partial charge < -0.3 is 10.2 Å². The normalized spacial score (nSPS) is 14.5. The van der Waals surface area contributed by atoms with Crippen molar-refractivity contribution in [1.82, 2.24) is 14.9 Å². The van der Waals surface area contributed by atoms with Crippen molar-refractivity contribution in [2.45, 2.75) is 33.1 Å². The van der Waals surface area contributed by atoms with Crippen LogP contribution in [0.4, 0.5) is 11.6 Å². The largest absolute Gasteiger partial charge is 0.337 e. The molecule has 1 fully saturated rings. The number of likely N-dealkylation sites (tertiary alicyclic amines) is 1. The molecule has 0 radical (unpaired) electrons. The van der Waals surface area contributed by atoms with Gasteiger partial charge in [-0.2, -0.15) is 0 Å². The van der Waals surface area contributed by atoms with Gasteiger partial charge in [0.15, 0.2) is 0 Å². The number of benzene rings is 1. The number of halogens is 1. The maximum Gasteiger partial charge on any atom is 0.272 e. The van der Waals surface area contributed by atoms with Crippen LogP contribution in [0.5, 0.6) is 0 Å². The number of anilines is 2. The Bertz CT molecular complexity index is 757. The molecule has 1 aliphatic heterocycles. The molecule has 0 atom stereocenters. The van der Waals surface area contributed by atoms with Gasteiger partial charge in [0.2, 0.25) is 5.95 Å². The van der Waals surface area contributed by atoms with Gasteiger partial charge in [-0.05, 0) is 56.9 Å². The lowest BCUT2D eigenvalue weighted by Gasteiger charge is -2.26. The molecule has 2 heterocycles. The Hall–Kier alpha value is -1.95. The number of hydrogen-bond donors (Lipinski definition) is 1. The first kappa shape index (κ1) is 16.9. The van der Waals surface area contributed by atoms with E-state index in [1.807, 2.05) is 36.9 Å². The average Bonchev–Trinajstić information content (AvgIpc) is 2.58. The Labute approximate surface area is 150 Å². The van der Waals surface area contributed by atoms with E-state index in [-0.39, 0.29) is 5.91 Å². The summed E-state index contributed by atoms with van der Waals surface area (Å²) in [5.41, 5.74) is 3.28. The molecular weight excluding hydrogens is 368 g/mol. The fraction of sp³-hybridized carbons (Fsp3) is 0.389. The average molecular weight is 389 g/mol. The first-order valence-electron chi connectivity index (χ1n) is 8.21. The lowest BCUT2D eigenvalue weighted by atomic mass is 10.1. The van der Waals surface area contributed by atoms with E-state index in [0.717, 1.165) is 47.3 Å². The number of carbonyl (C=O) groups is 1. The molecule has 0 aliphatic carbocycles. The van der Waals surface area contributed by atoms with Crippen LogP contribution in [0, 0.1) is 13.8 Å². The van der Waals surface area contributed by atoms with Gasteiger partial charge in [0.1, 0.15) is 5.69 Å². The molecule has 1 amide bonds. The second-order valence-electron chi connectivity index (χ2n) is 6.16. The zero-order valence-electron chi connectivity index (χ0n) is 14.0. The Kier molecular flexibility index (Phi) is 5.14. The van der Waals surface area contributed by atoms with Crippen LogP contribution in [0.3, 0.4) is 0 Å². The van der Waals surface area contributed by atoms with Crippen molar-refractivity contribution in [3.8, 4) is 0 Å². The van der Waals surface area contributed by atoms with E-state index in [1.165, 1.54) is 6.42 Å². The molecule has 0 saturated carbocycles. The van der Waals surface area contributed by atoms with Crippen molar-refractivity contribution >= 4 is 33.5 Å². The molecule has 6 heteroatoms. The van der Waals surface area contributed by atoms with Gasteiger partial charge in [-0.15, -0.1) is 0 Å². The van der Waals surface area contributed by atoms with Crippen LogP contribution in [-0.2, 0) is 0 Å². The lowest BCUT2D eigenvalue weighted by molar-refractivity contribution is 0.0718. The lowest BCUT2D eigenvalue weighted by Crippen LogP contribution is -2.36.